The van der Waals surface area contributed by atoms with Gasteiger partial charge in [0.05, 0.1) is 5.69 Å². The van der Waals surface area contributed by atoms with Crippen LogP contribution in [-0.4, -0.2) is 52.7 Å². The molecule has 2 aromatic carbocycles. The van der Waals surface area contributed by atoms with Crippen molar-refractivity contribution in [2.24, 2.45) is 7.05 Å². The highest BCUT2D eigenvalue weighted by atomic mass is 32.2. The first-order valence-corrected chi connectivity index (χ1v) is 10.4. The number of para-hydroxylation sites is 1. The minimum atomic E-state index is 0.322. The number of nitrogens with zero attached hydrogens (tertiary/aromatic N) is 8. The van der Waals surface area contributed by atoms with E-state index in [1.54, 1.807) is 21.1 Å². The predicted molar refractivity (Wildman–Crippen MR) is 112 cm³/mol. The monoisotopic (exact) mass is 423 g/mol. The summed E-state index contributed by atoms with van der Waals surface area (Å²) in [5, 5.41) is 27.4. The maximum Gasteiger partial charge on any atom is 0.345 e. The molecule has 10 nitrogen and oxygen atoms in total. The molecule has 0 aliphatic rings. The van der Waals surface area contributed by atoms with E-state index < -0.39 is 0 Å². The molecule has 1 N–H and O–H groups in total. The number of aromatic nitrogens is 8. The first-order valence-electron chi connectivity index (χ1n) is 9.46. The van der Waals surface area contributed by atoms with Crippen LogP contribution in [-0.2, 0) is 13.6 Å². The Bertz CT molecular complexity index is 1050. The summed E-state index contributed by atoms with van der Waals surface area (Å²) in [6.45, 7) is 1.71. The lowest BCUT2D eigenvalue weighted by atomic mass is 10.2. The van der Waals surface area contributed by atoms with Gasteiger partial charge in [-0.05, 0) is 63.6 Å². The van der Waals surface area contributed by atoms with Crippen molar-refractivity contribution in [1.29, 1.82) is 0 Å². The van der Waals surface area contributed by atoms with E-state index in [2.05, 4.69) is 36.4 Å². The van der Waals surface area contributed by atoms with Gasteiger partial charge in [-0.15, -0.1) is 5.10 Å². The van der Waals surface area contributed by atoms with Gasteiger partial charge in [0.15, 0.2) is 0 Å². The predicted octanol–water partition coefficient (Wildman–Crippen LogP) is 2.25. The van der Waals surface area contributed by atoms with Gasteiger partial charge in [0, 0.05) is 19.3 Å². The third kappa shape index (κ3) is 5.19. The molecule has 4 aromatic rings. The number of nitrogens with one attached hydrogen (secondary N) is 1. The molecule has 0 fully saturated rings. The van der Waals surface area contributed by atoms with Crippen LogP contribution in [0.25, 0.3) is 5.69 Å². The van der Waals surface area contributed by atoms with E-state index in [0.29, 0.717) is 11.8 Å². The fourth-order valence-corrected chi connectivity index (χ4v) is 3.48. The van der Waals surface area contributed by atoms with Crippen LogP contribution in [0, 0.1) is 0 Å². The number of aryl methyl sites for hydroxylation is 1. The summed E-state index contributed by atoms with van der Waals surface area (Å²) in [7, 11) is 1.84. The van der Waals surface area contributed by atoms with Crippen LogP contribution in [0.1, 0.15) is 12.0 Å². The van der Waals surface area contributed by atoms with Crippen molar-refractivity contribution in [3.63, 3.8) is 0 Å². The lowest BCUT2D eigenvalue weighted by molar-refractivity contribution is 0.427. The van der Waals surface area contributed by atoms with Crippen molar-refractivity contribution >= 4 is 11.8 Å². The molecule has 0 aliphatic carbocycles. The Kier molecular flexibility index (Phi) is 6.62. The molecule has 2 heterocycles. The molecule has 0 atom stereocenters. The smallest absolute Gasteiger partial charge is 0.345 e. The SMILES string of the molecule is Cn1nnnc1SCCCNCc1ccc(Oc2nnnn2-c2ccccc2)cc1. The molecule has 0 unspecified atom stereocenters. The Morgan fingerprint density at radius 2 is 1.77 bits per heavy atom. The second-order valence-corrected chi connectivity index (χ2v) is 7.48. The summed E-state index contributed by atoms with van der Waals surface area (Å²) in [5.74, 6) is 1.64. The largest absolute Gasteiger partial charge is 0.423 e. The zero-order chi connectivity index (χ0) is 20.6. The molecule has 0 spiro atoms. The Hall–Kier alpha value is -3.31. The van der Waals surface area contributed by atoms with Gasteiger partial charge in [-0.2, -0.15) is 4.68 Å². The van der Waals surface area contributed by atoms with E-state index in [9.17, 15) is 0 Å². The minimum absolute atomic E-state index is 0.322. The summed E-state index contributed by atoms with van der Waals surface area (Å²) in [5.41, 5.74) is 2.02. The number of benzene rings is 2. The van der Waals surface area contributed by atoms with Crippen molar-refractivity contribution in [1.82, 2.24) is 45.7 Å². The fraction of sp³-hybridized carbons (Fsp3) is 0.263. The number of tetrazole rings is 2. The highest BCUT2D eigenvalue weighted by molar-refractivity contribution is 7.99. The van der Waals surface area contributed by atoms with Gasteiger partial charge in [0.25, 0.3) is 0 Å². The topological polar surface area (TPSA) is 108 Å². The van der Waals surface area contributed by atoms with E-state index in [4.69, 9.17) is 4.74 Å². The maximum absolute atomic E-state index is 5.85. The molecule has 0 aliphatic heterocycles. The summed E-state index contributed by atoms with van der Waals surface area (Å²) >= 11 is 1.66. The first kappa shape index (κ1) is 20.0. The average molecular weight is 424 g/mol. The van der Waals surface area contributed by atoms with Crippen LogP contribution in [0.3, 0.4) is 0 Å². The van der Waals surface area contributed by atoms with Crippen LogP contribution in [0.5, 0.6) is 11.8 Å². The summed E-state index contributed by atoms with van der Waals surface area (Å²) in [4.78, 5) is 0. The maximum atomic E-state index is 5.85. The number of thioether (sulfide) groups is 1. The third-order valence-corrected chi connectivity index (χ3v) is 5.31. The zero-order valence-electron chi connectivity index (χ0n) is 16.4. The van der Waals surface area contributed by atoms with Crippen LogP contribution in [0.4, 0.5) is 0 Å². The lowest BCUT2D eigenvalue weighted by Crippen LogP contribution is -2.15. The van der Waals surface area contributed by atoms with E-state index in [0.717, 1.165) is 36.1 Å². The molecule has 30 heavy (non-hydrogen) atoms. The molecule has 0 amide bonds. The standard InChI is InChI=1S/C19H21N9OS/c1-27-19(22-24-25-27)30-13-5-12-20-14-15-8-10-17(11-9-15)29-18-21-23-26-28(18)16-6-3-2-4-7-16/h2-4,6-11,20H,5,12-14H2,1H3. The Morgan fingerprint density at radius 3 is 2.53 bits per heavy atom. The van der Waals surface area contributed by atoms with Crippen molar-refractivity contribution in [3.8, 4) is 17.4 Å². The molecular formula is C19H21N9OS. The molecule has 0 bridgehead atoms. The van der Waals surface area contributed by atoms with Crippen LogP contribution in [0.15, 0.2) is 59.8 Å². The van der Waals surface area contributed by atoms with E-state index >= 15 is 0 Å². The van der Waals surface area contributed by atoms with Gasteiger partial charge < -0.3 is 10.1 Å². The Labute approximate surface area is 177 Å². The highest BCUT2D eigenvalue weighted by Gasteiger charge is 2.10. The second-order valence-electron chi connectivity index (χ2n) is 6.42. The first-order chi connectivity index (χ1) is 14.8. The number of hydrogen-bond donors (Lipinski definition) is 1. The van der Waals surface area contributed by atoms with E-state index in [1.165, 1.54) is 5.56 Å². The molecule has 0 radical (unpaired) electrons. The van der Waals surface area contributed by atoms with Crippen LogP contribution < -0.4 is 10.1 Å². The highest BCUT2D eigenvalue weighted by Crippen LogP contribution is 2.21. The Balaban J connectivity index is 1.22. The minimum Gasteiger partial charge on any atom is -0.423 e. The number of hydrogen-bond acceptors (Lipinski definition) is 9. The molecule has 0 saturated heterocycles. The average Bonchev–Trinajstić information content (AvgIpc) is 3.41. The zero-order valence-corrected chi connectivity index (χ0v) is 17.2. The van der Waals surface area contributed by atoms with Gasteiger partial charge in [0.1, 0.15) is 5.75 Å². The van der Waals surface area contributed by atoms with Crippen molar-refractivity contribution in [3.05, 3.63) is 60.2 Å². The molecule has 4 rings (SSSR count). The van der Waals surface area contributed by atoms with Gasteiger partial charge in [-0.1, -0.05) is 47.2 Å². The quantitative estimate of drug-likeness (QED) is 0.303. The van der Waals surface area contributed by atoms with Crippen molar-refractivity contribution < 1.29 is 4.74 Å². The normalized spacial score (nSPS) is 11.0. The van der Waals surface area contributed by atoms with Gasteiger partial charge in [0.2, 0.25) is 5.16 Å². The number of rotatable bonds is 10. The summed E-state index contributed by atoms with van der Waals surface area (Å²) in [6, 6.07) is 17.8. The Morgan fingerprint density at radius 1 is 0.967 bits per heavy atom. The summed E-state index contributed by atoms with van der Waals surface area (Å²) in [6.07, 6.45) is 1.03. The van der Waals surface area contributed by atoms with E-state index in [-0.39, 0.29) is 0 Å². The molecule has 11 heteroatoms. The van der Waals surface area contributed by atoms with Crippen LogP contribution >= 0.6 is 11.8 Å². The fourth-order valence-electron chi connectivity index (χ4n) is 2.69. The van der Waals surface area contributed by atoms with Crippen molar-refractivity contribution in [2.45, 2.75) is 18.1 Å². The second kappa shape index (κ2) is 9.94. The molecule has 154 valence electrons. The summed E-state index contributed by atoms with van der Waals surface area (Å²) < 4.78 is 9.09. The lowest BCUT2D eigenvalue weighted by Gasteiger charge is -2.08. The number of ether oxygens (including phenoxy) is 1. The van der Waals surface area contributed by atoms with Gasteiger partial charge in [-0.3, -0.25) is 0 Å². The molecule has 2 aromatic heterocycles. The van der Waals surface area contributed by atoms with Crippen LogP contribution in [0.2, 0.25) is 0 Å². The van der Waals surface area contributed by atoms with Gasteiger partial charge >= 0.3 is 6.01 Å². The van der Waals surface area contributed by atoms with Crippen molar-refractivity contribution in [2.75, 3.05) is 12.3 Å². The molecular weight excluding hydrogens is 402 g/mol. The third-order valence-electron chi connectivity index (χ3n) is 4.21. The van der Waals surface area contributed by atoms with Gasteiger partial charge in [-0.25, -0.2) is 4.68 Å². The molecule has 0 saturated carbocycles. The van der Waals surface area contributed by atoms with E-state index in [1.807, 2.05) is 61.6 Å².